The number of hydrogen-bond acceptors (Lipinski definition) is 3. The number of nitrogens with zero attached hydrogens (tertiary/aromatic N) is 1. The minimum atomic E-state index is -3.80. The van der Waals surface area contributed by atoms with Crippen molar-refractivity contribution in [1.29, 1.82) is 0 Å². The van der Waals surface area contributed by atoms with E-state index in [9.17, 15) is 13.2 Å². The fourth-order valence-electron chi connectivity index (χ4n) is 2.32. The Bertz CT molecular complexity index is 865. The van der Waals surface area contributed by atoms with E-state index < -0.39 is 10.0 Å². The normalized spacial score (nSPS) is 14.5. The molecule has 0 spiro atoms. The standard InChI is InChI=1S/C15H13BrN2O3S/c1-10-8-11(6-7-12(10)16)22(20,21)18-9-15(19)17-13-4-2-3-5-14(13)18/h2-8H,9H2,1H3,(H,17,19). The molecule has 1 aliphatic heterocycles. The number of rotatable bonds is 2. The van der Waals surface area contributed by atoms with Gasteiger partial charge in [-0.3, -0.25) is 9.10 Å². The van der Waals surface area contributed by atoms with Crippen LogP contribution in [0.5, 0.6) is 0 Å². The third-order valence-corrected chi connectivity index (χ3v) is 6.10. The lowest BCUT2D eigenvalue weighted by atomic mass is 10.2. The lowest BCUT2D eigenvalue weighted by molar-refractivity contribution is -0.115. The van der Waals surface area contributed by atoms with Gasteiger partial charge in [0, 0.05) is 4.47 Å². The molecule has 0 saturated carbocycles. The molecule has 0 unspecified atom stereocenters. The van der Waals surface area contributed by atoms with Crippen LogP contribution in [0.3, 0.4) is 0 Å². The highest BCUT2D eigenvalue weighted by Crippen LogP contribution is 2.33. The summed E-state index contributed by atoms with van der Waals surface area (Å²) in [5.41, 5.74) is 1.79. The molecule has 114 valence electrons. The number of carbonyl (C=O) groups excluding carboxylic acids is 1. The topological polar surface area (TPSA) is 66.5 Å². The van der Waals surface area contributed by atoms with Gasteiger partial charge in [-0.1, -0.05) is 28.1 Å². The molecule has 1 aliphatic rings. The predicted octanol–water partition coefficient (Wildman–Crippen LogP) is 2.90. The SMILES string of the molecule is Cc1cc(S(=O)(=O)N2CC(=O)Nc3ccccc32)ccc1Br. The van der Waals surface area contributed by atoms with E-state index in [1.165, 1.54) is 6.07 Å². The van der Waals surface area contributed by atoms with E-state index in [-0.39, 0.29) is 17.3 Å². The smallest absolute Gasteiger partial charge is 0.264 e. The number of hydrogen-bond donors (Lipinski definition) is 1. The van der Waals surface area contributed by atoms with Gasteiger partial charge in [0.1, 0.15) is 6.54 Å². The van der Waals surface area contributed by atoms with Crippen molar-refractivity contribution in [3.63, 3.8) is 0 Å². The molecule has 1 N–H and O–H groups in total. The highest BCUT2D eigenvalue weighted by Gasteiger charge is 2.32. The predicted molar refractivity (Wildman–Crippen MR) is 88.5 cm³/mol. The molecular weight excluding hydrogens is 368 g/mol. The second-order valence-corrected chi connectivity index (χ2v) is 7.70. The first-order valence-electron chi connectivity index (χ1n) is 6.57. The first-order chi connectivity index (χ1) is 10.4. The largest absolute Gasteiger partial charge is 0.323 e. The Hall–Kier alpha value is -1.86. The summed E-state index contributed by atoms with van der Waals surface area (Å²) in [6.07, 6.45) is 0. The Kier molecular flexibility index (Phi) is 3.70. The lowest BCUT2D eigenvalue weighted by Gasteiger charge is -2.30. The third kappa shape index (κ3) is 2.50. The minimum absolute atomic E-state index is 0.165. The molecular formula is C15H13BrN2O3S. The van der Waals surface area contributed by atoms with Crippen molar-refractivity contribution in [3.05, 3.63) is 52.5 Å². The number of benzene rings is 2. The zero-order valence-corrected chi connectivity index (χ0v) is 14.1. The van der Waals surface area contributed by atoms with Crippen molar-refractivity contribution >= 4 is 43.2 Å². The van der Waals surface area contributed by atoms with E-state index in [4.69, 9.17) is 0 Å². The summed E-state index contributed by atoms with van der Waals surface area (Å²) in [5, 5.41) is 2.68. The molecule has 2 aromatic carbocycles. The van der Waals surface area contributed by atoms with E-state index in [2.05, 4.69) is 21.2 Å². The summed E-state index contributed by atoms with van der Waals surface area (Å²) in [7, 11) is -3.80. The lowest BCUT2D eigenvalue weighted by Crippen LogP contribution is -2.42. The van der Waals surface area contributed by atoms with E-state index in [0.29, 0.717) is 11.4 Å². The zero-order valence-electron chi connectivity index (χ0n) is 11.7. The quantitative estimate of drug-likeness (QED) is 0.870. The Labute approximate surface area is 137 Å². The van der Waals surface area contributed by atoms with Crippen LogP contribution in [-0.2, 0) is 14.8 Å². The molecule has 5 nitrogen and oxygen atoms in total. The fraction of sp³-hybridized carbons (Fsp3) is 0.133. The van der Waals surface area contributed by atoms with Crippen molar-refractivity contribution in [2.75, 3.05) is 16.2 Å². The molecule has 0 atom stereocenters. The number of amides is 1. The Morgan fingerprint density at radius 3 is 2.64 bits per heavy atom. The molecule has 2 aromatic rings. The number of halogens is 1. The molecule has 0 saturated heterocycles. The average molecular weight is 381 g/mol. The maximum Gasteiger partial charge on any atom is 0.264 e. The van der Waals surface area contributed by atoms with Gasteiger partial charge in [0.15, 0.2) is 0 Å². The van der Waals surface area contributed by atoms with Crippen molar-refractivity contribution < 1.29 is 13.2 Å². The second-order valence-electron chi connectivity index (χ2n) is 4.99. The summed E-state index contributed by atoms with van der Waals surface area (Å²) in [6.45, 7) is 1.59. The summed E-state index contributed by atoms with van der Waals surface area (Å²) in [6, 6.07) is 11.7. The Morgan fingerprint density at radius 1 is 1.18 bits per heavy atom. The third-order valence-electron chi connectivity index (χ3n) is 3.45. The highest BCUT2D eigenvalue weighted by atomic mass is 79.9. The first kappa shape index (κ1) is 15.1. The average Bonchev–Trinajstić information content (AvgIpc) is 2.49. The van der Waals surface area contributed by atoms with E-state index in [1.807, 2.05) is 6.92 Å². The van der Waals surface area contributed by atoms with E-state index >= 15 is 0 Å². The monoisotopic (exact) mass is 380 g/mol. The molecule has 0 aromatic heterocycles. The number of para-hydroxylation sites is 2. The Balaban J connectivity index is 2.13. The molecule has 0 radical (unpaired) electrons. The van der Waals surface area contributed by atoms with Crippen molar-refractivity contribution in [2.24, 2.45) is 0 Å². The van der Waals surface area contributed by atoms with Gasteiger partial charge in [-0.25, -0.2) is 8.42 Å². The molecule has 0 fully saturated rings. The first-order valence-corrected chi connectivity index (χ1v) is 8.80. The summed E-state index contributed by atoms with van der Waals surface area (Å²) < 4.78 is 27.8. The number of nitrogens with one attached hydrogen (secondary N) is 1. The van der Waals surface area contributed by atoms with Crippen LogP contribution in [0.15, 0.2) is 51.8 Å². The second kappa shape index (κ2) is 5.40. The van der Waals surface area contributed by atoms with Gasteiger partial charge < -0.3 is 5.32 Å². The van der Waals surface area contributed by atoms with E-state index in [1.54, 1.807) is 36.4 Å². The van der Waals surface area contributed by atoms with Crippen LogP contribution in [0.25, 0.3) is 0 Å². The van der Waals surface area contributed by atoms with Crippen LogP contribution in [-0.4, -0.2) is 20.9 Å². The van der Waals surface area contributed by atoms with Gasteiger partial charge >= 0.3 is 0 Å². The number of anilines is 2. The molecule has 0 aliphatic carbocycles. The van der Waals surface area contributed by atoms with Gasteiger partial charge in [0.25, 0.3) is 10.0 Å². The molecule has 1 amide bonds. The number of aryl methyl sites for hydroxylation is 1. The molecule has 7 heteroatoms. The fourth-order valence-corrected chi connectivity index (χ4v) is 4.09. The summed E-state index contributed by atoms with van der Waals surface area (Å²) in [4.78, 5) is 12.0. The zero-order chi connectivity index (χ0) is 15.9. The maximum atomic E-state index is 12.9. The van der Waals surface area contributed by atoms with Crippen molar-refractivity contribution in [1.82, 2.24) is 0 Å². The van der Waals surface area contributed by atoms with E-state index in [0.717, 1.165) is 14.3 Å². The van der Waals surface area contributed by atoms with Crippen molar-refractivity contribution in [2.45, 2.75) is 11.8 Å². The number of sulfonamides is 1. The maximum absolute atomic E-state index is 12.9. The minimum Gasteiger partial charge on any atom is -0.323 e. The molecule has 0 bridgehead atoms. The Morgan fingerprint density at radius 2 is 1.91 bits per heavy atom. The van der Waals surface area contributed by atoms with Crippen LogP contribution in [0.4, 0.5) is 11.4 Å². The summed E-state index contributed by atoms with van der Waals surface area (Å²) >= 11 is 3.35. The van der Waals surface area contributed by atoms with Gasteiger partial charge in [0.2, 0.25) is 5.91 Å². The van der Waals surface area contributed by atoms with Gasteiger partial charge in [0.05, 0.1) is 16.3 Å². The number of fused-ring (bicyclic) bond motifs is 1. The van der Waals surface area contributed by atoms with Crippen LogP contribution in [0.2, 0.25) is 0 Å². The summed E-state index contributed by atoms with van der Waals surface area (Å²) in [5.74, 6) is -0.351. The van der Waals surface area contributed by atoms with Gasteiger partial charge in [-0.2, -0.15) is 0 Å². The van der Waals surface area contributed by atoms with Crippen LogP contribution < -0.4 is 9.62 Å². The number of carbonyl (C=O) groups is 1. The van der Waals surface area contributed by atoms with Gasteiger partial charge in [-0.15, -0.1) is 0 Å². The van der Waals surface area contributed by atoms with Crippen LogP contribution in [0.1, 0.15) is 5.56 Å². The highest BCUT2D eigenvalue weighted by molar-refractivity contribution is 9.10. The van der Waals surface area contributed by atoms with Crippen molar-refractivity contribution in [3.8, 4) is 0 Å². The van der Waals surface area contributed by atoms with Crippen LogP contribution in [0, 0.1) is 6.92 Å². The molecule has 1 heterocycles. The molecule has 3 rings (SSSR count). The van der Waals surface area contributed by atoms with Crippen LogP contribution >= 0.6 is 15.9 Å². The molecule has 22 heavy (non-hydrogen) atoms. The van der Waals surface area contributed by atoms with Gasteiger partial charge in [-0.05, 0) is 42.8 Å².